The van der Waals surface area contributed by atoms with Gasteiger partial charge in [-0.3, -0.25) is 14.9 Å². The molecule has 0 aromatic carbocycles. The number of rotatable bonds is 5. The normalized spacial score (nSPS) is 14.1. The molecular weight excluding hydrogens is 244 g/mol. The number of nitrogens with zero attached hydrogens (tertiary/aromatic N) is 1. The molecule has 0 radical (unpaired) electrons. The largest absolute Gasteiger partial charge is 0.396 e. The van der Waals surface area contributed by atoms with Gasteiger partial charge >= 0.3 is 5.00 Å². The number of nitro groups is 1. The zero-order chi connectivity index (χ0) is 13.0. The van der Waals surface area contributed by atoms with Crippen LogP contribution < -0.4 is 5.32 Å². The average molecular weight is 258 g/mol. The number of thiophene rings is 1. The third-order valence-corrected chi connectivity index (χ3v) is 3.53. The highest BCUT2D eigenvalue weighted by atomic mass is 32.1. The van der Waals surface area contributed by atoms with Gasteiger partial charge in [0.05, 0.1) is 9.80 Å². The number of hydrogen-bond acceptors (Lipinski definition) is 5. The van der Waals surface area contributed by atoms with Crippen LogP contribution in [0.15, 0.2) is 12.1 Å². The lowest BCUT2D eigenvalue weighted by Gasteiger charge is -2.18. The minimum absolute atomic E-state index is 0.0218. The highest BCUT2D eigenvalue weighted by Crippen LogP contribution is 2.23. The van der Waals surface area contributed by atoms with Gasteiger partial charge in [0, 0.05) is 18.7 Å². The van der Waals surface area contributed by atoms with Crippen molar-refractivity contribution in [1.29, 1.82) is 0 Å². The average Bonchev–Trinajstić information content (AvgIpc) is 2.77. The molecule has 1 aromatic rings. The van der Waals surface area contributed by atoms with Crippen LogP contribution in [-0.2, 0) is 0 Å². The van der Waals surface area contributed by atoms with E-state index in [1.165, 1.54) is 12.1 Å². The van der Waals surface area contributed by atoms with Crippen molar-refractivity contribution in [2.24, 2.45) is 5.92 Å². The number of hydrogen-bond donors (Lipinski definition) is 2. The number of nitrogens with one attached hydrogen (secondary N) is 1. The first kappa shape index (κ1) is 13.6. The number of carbonyl (C=O) groups is 1. The second-order valence-corrected chi connectivity index (χ2v) is 4.88. The molecule has 2 atom stereocenters. The third-order valence-electron chi connectivity index (χ3n) is 2.50. The van der Waals surface area contributed by atoms with Crippen molar-refractivity contribution in [2.75, 3.05) is 6.61 Å². The molecule has 17 heavy (non-hydrogen) atoms. The maximum Gasteiger partial charge on any atom is 0.324 e. The monoisotopic (exact) mass is 258 g/mol. The van der Waals surface area contributed by atoms with E-state index in [1.54, 1.807) is 6.92 Å². The van der Waals surface area contributed by atoms with Crippen molar-refractivity contribution in [1.82, 2.24) is 5.32 Å². The molecule has 0 saturated carbocycles. The lowest BCUT2D eigenvalue weighted by Crippen LogP contribution is -2.37. The maximum absolute atomic E-state index is 11.7. The van der Waals surface area contributed by atoms with Gasteiger partial charge in [-0.25, -0.2) is 0 Å². The molecule has 0 bridgehead atoms. The SMILES string of the molecule is CC(CO)C(C)NC(=O)c1ccc([N+](=O)[O-])s1. The fraction of sp³-hybridized carbons (Fsp3) is 0.500. The van der Waals surface area contributed by atoms with Crippen molar-refractivity contribution in [2.45, 2.75) is 19.9 Å². The van der Waals surface area contributed by atoms with Gasteiger partial charge in [0.1, 0.15) is 0 Å². The summed E-state index contributed by atoms with van der Waals surface area (Å²) < 4.78 is 0. The van der Waals surface area contributed by atoms with Gasteiger partial charge in [-0.15, -0.1) is 0 Å². The summed E-state index contributed by atoms with van der Waals surface area (Å²) in [6, 6.07) is 2.54. The summed E-state index contributed by atoms with van der Waals surface area (Å²) in [5.41, 5.74) is 0. The van der Waals surface area contributed by atoms with E-state index in [0.717, 1.165) is 11.3 Å². The minimum Gasteiger partial charge on any atom is -0.396 e. The van der Waals surface area contributed by atoms with Crippen LogP contribution in [0.5, 0.6) is 0 Å². The summed E-state index contributed by atoms with van der Waals surface area (Å²) >= 11 is 0.837. The Kier molecular flexibility index (Phi) is 4.59. The molecule has 0 fully saturated rings. The Morgan fingerprint density at radius 1 is 1.59 bits per heavy atom. The number of carbonyl (C=O) groups excluding carboxylic acids is 1. The molecule has 94 valence electrons. The summed E-state index contributed by atoms with van der Waals surface area (Å²) in [6.45, 7) is 3.56. The third kappa shape index (κ3) is 3.50. The number of amides is 1. The second kappa shape index (κ2) is 5.74. The number of aliphatic hydroxyl groups excluding tert-OH is 1. The molecule has 0 spiro atoms. The molecule has 2 N–H and O–H groups in total. The zero-order valence-corrected chi connectivity index (χ0v) is 10.4. The first-order valence-electron chi connectivity index (χ1n) is 5.11. The van der Waals surface area contributed by atoms with Crippen molar-refractivity contribution >= 4 is 22.2 Å². The second-order valence-electron chi connectivity index (χ2n) is 3.82. The molecule has 1 amide bonds. The highest BCUT2D eigenvalue weighted by molar-refractivity contribution is 7.17. The summed E-state index contributed by atoms with van der Waals surface area (Å²) in [6.07, 6.45) is 0. The molecule has 2 unspecified atom stereocenters. The standard InChI is InChI=1S/C10H14N2O4S/c1-6(5-13)7(2)11-10(14)8-3-4-9(17-8)12(15)16/h3-4,6-7,13H,5H2,1-2H3,(H,11,14). The lowest BCUT2D eigenvalue weighted by molar-refractivity contribution is -0.380. The Morgan fingerprint density at radius 2 is 2.24 bits per heavy atom. The highest BCUT2D eigenvalue weighted by Gasteiger charge is 2.18. The van der Waals surface area contributed by atoms with Crippen LogP contribution in [0.1, 0.15) is 23.5 Å². The molecule has 0 aliphatic carbocycles. The quantitative estimate of drug-likeness (QED) is 0.616. The maximum atomic E-state index is 11.7. The van der Waals surface area contributed by atoms with E-state index in [-0.39, 0.29) is 29.5 Å². The molecule has 6 nitrogen and oxygen atoms in total. The first-order valence-corrected chi connectivity index (χ1v) is 5.93. The molecule has 1 rings (SSSR count). The van der Waals surface area contributed by atoms with E-state index in [0.29, 0.717) is 4.88 Å². The number of aliphatic hydroxyl groups is 1. The van der Waals surface area contributed by atoms with E-state index in [1.807, 2.05) is 6.92 Å². The van der Waals surface area contributed by atoms with Crippen LogP contribution in [0.25, 0.3) is 0 Å². The van der Waals surface area contributed by atoms with Crippen LogP contribution in [0, 0.1) is 16.0 Å². The van der Waals surface area contributed by atoms with E-state index in [9.17, 15) is 14.9 Å². The fourth-order valence-electron chi connectivity index (χ4n) is 1.13. The predicted octanol–water partition coefficient (Wildman–Crippen LogP) is 1.40. The van der Waals surface area contributed by atoms with Gasteiger partial charge < -0.3 is 10.4 Å². The molecule has 0 aliphatic rings. The molecule has 0 aliphatic heterocycles. The van der Waals surface area contributed by atoms with E-state index in [4.69, 9.17) is 5.11 Å². The van der Waals surface area contributed by atoms with Crippen LogP contribution in [-0.4, -0.2) is 28.6 Å². The molecule has 1 aromatic heterocycles. The fourth-order valence-corrected chi connectivity index (χ4v) is 1.85. The molecule has 0 saturated heterocycles. The Bertz CT molecular complexity index is 418. The van der Waals surface area contributed by atoms with Crippen LogP contribution in [0.4, 0.5) is 5.00 Å². The van der Waals surface area contributed by atoms with Gasteiger partial charge in [-0.05, 0) is 18.9 Å². The molecule has 1 heterocycles. The minimum atomic E-state index is -0.527. The van der Waals surface area contributed by atoms with E-state index >= 15 is 0 Å². The molecular formula is C10H14N2O4S. The van der Waals surface area contributed by atoms with Gasteiger partial charge in [-0.2, -0.15) is 0 Å². The van der Waals surface area contributed by atoms with Gasteiger partial charge in [0.15, 0.2) is 0 Å². The van der Waals surface area contributed by atoms with Crippen molar-refractivity contribution in [3.63, 3.8) is 0 Å². The van der Waals surface area contributed by atoms with Gasteiger partial charge in [-0.1, -0.05) is 18.3 Å². The lowest BCUT2D eigenvalue weighted by atomic mass is 10.1. The van der Waals surface area contributed by atoms with E-state index < -0.39 is 4.92 Å². The van der Waals surface area contributed by atoms with Gasteiger partial charge in [0.2, 0.25) is 0 Å². The summed E-state index contributed by atoms with van der Waals surface area (Å²) in [7, 11) is 0. The Hall–Kier alpha value is -1.47. The summed E-state index contributed by atoms with van der Waals surface area (Å²) in [5.74, 6) is -0.412. The summed E-state index contributed by atoms with van der Waals surface area (Å²) in [4.78, 5) is 21.9. The Balaban J connectivity index is 2.66. The van der Waals surface area contributed by atoms with Crippen LogP contribution >= 0.6 is 11.3 Å². The van der Waals surface area contributed by atoms with Crippen LogP contribution in [0.3, 0.4) is 0 Å². The summed E-state index contributed by atoms with van der Waals surface area (Å²) in [5, 5.41) is 22.0. The van der Waals surface area contributed by atoms with Crippen molar-refractivity contribution < 1.29 is 14.8 Å². The Labute approximate surface area is 102 Å². The smallest absolute Gasteiger partial charge is 0.324 e. The van der Waals surface area contributed by atoms with Crippen molar-refractivity contribution in [3.8, 4) is 0 Å². The Morgan fingerprint density at radius 3 is 2.71 bits per heavy atom. The predicted molar refractivity (Wildman–Crippen MR) is 64.2 cm³/mol. The first-order chi connectivity index (χ1) is 7.95. The van der Waals surface area contributed by atoms with Gasteiger partial charge in [0.25, 0.3) is 5.91 Å². The van der Waals surface area contributed by atoms with E-state index in [2.05, 4.69) is 5.32 Å². The molecule has 7 heteroatoms. The van der Waals surface area contributed by atoms with Crippen molar-refractivity contribution in [3.05, 3.63) is 27.1 Å². The topological polar surface area (TPSA) is 92.5 Å². The van der Waals surface area contributed by atoms with Crippen LogP contribution in [0.2, 0.25) is 0 Å². The zero-order valence-electron chi connectivity index (χ0n) is 9.54.